The number of sulfonamides is 1. The molecular weight excluding hydrogens is 352 g/mol. The third kappa shape index (κ3) is 3.95. The molecule has 2 aromatic rings. The normalized spacial score (nSPS) is 18.0. The van der Waals surface area contributed by atoms with Crippen LogP contribution in [0, 0.1) is 0 Å². The van der Waals surface area contributed by atoms with E-state index in [2.05, 4.69) is 5.32 Å². The van der Waals surface area contributed by atoms with Gasteiger partial charge in [0.25, 0.3) is 0 Å². The van der Waals surface area contributed by atoms with Crippen LogP contribution >= 0.6 is 0 Å². The molecule has 0 aliphatic carbocycles. The van der Waals surface area contributed by atoms with Crippen molar-refractivity contribution >= 4 is 21.6 Å². The molecule has 0 spiro atoms. The van der Waals surface area contributed by atoms with Crippen molar-refractivity contribution in [3.63, 3.8) is 0 Å². The van der Waals surface area contributed by atoms with Crippen molar-refractivity contribution in [2.75, 3.05) is 19.0 Å². The predicted molar refractivity (Wildman–Crippen MR) is 99.1 cm³/mol. The quantitative estimate of drug-likeness (QED) is 0.843. The van der Waals surface area contributed by atoms with Crippen molar-refractivity contribution in [3.8, 4) is 0 Å². The average Bonchev–Trinajstić information content (AvgIpc) is 3.15. The summed E-state index contributed by atoms with van der Waals surface area (Å²) in [5.41, 5.74) is 1.64. The number of methoxy groups -OCH3 is 1. The lowest BCUT2D eigenvalue weighted by Gasteiger charge is -2.23. The molecule has 1 N–H and O–H groups in total. The van der Waals surface area contributed by atoms with Gasteiger partial charge in [-0.25, -0.2) is 8.42 Å². The highest BCUT2D eigenvalue weighted by Crippen LogP contribution is 2.27. The van der Waals surface area contributed by atoms with Gasteiger partial charge < -0.3 is 10.1 Å². The molecule has 1 aliphatic rings. The van der Waals surface area contributed by atoms with Crippen molar-refractivity contribution in [1.82, 2.24) is 4.31 Å². The summed E-state index contributed by atoms with van der Waals surface area (Å²) in [7, 11) is -2.06. The van der Waals surface area contributed by atoms with Crippen LogP contribution in [-0.4, -0.2) is 38.3 Å². The van der Waals surface area contributed by atoms with Gasteiger partial charge in [0, 0.05) is 19.3 Å². The van der Waals surface area contributed by atoms with E-state index in [0.29, 0.717) is 31.7 Å². The molecule has 0 unspecified atom stereocenters. The predicted octanol–water partition coefficient (Wildman–Crippen LogP) is 2.62. The van der Waals surface area contributed by atoms with Crippen LogP contribution in [-0.2, 0) is 26.2 Å². The summed E-state index contributed by atoms with van der Waals surface area (Å²) in [5.74, 6) is -0.304. The van der Waals surface area contributed by atoms with Crippen molar-refractivity contribution in [1.29, 1.82) is 0 Å². The van der Waals surface area contributed by atoms with Crippen LogP contribution in [0.2, 0.25) is 0 Å². The number of nitrogens with zero attached hydrogens (tertiary/aromatic N) is 1. The van der Waals surface area contributed by atoms with Gasteiger partial charge in [-0.1, -0.05) is 30.3 Å². The Morgan fingerprint density at radius 1 is 1.15 bits per heavy atom. The maximum Gasteiger partial charge on any atom is 0.243 e. The molecule has 3 rings (SSSR count). The zero-order valence-corrected chi connectivity index (χ0v) is 15.4. The first kappa shape index (κ1) is 18.6. The van der Waals surface area contributed by atoms with Crippen LogP contribution in [0.3, 0.4) is 0 Å². The molecule has 0 radical (unpaired) electrons. The molecule has 0 aromatic heterocycles. The third-order valence-corrected chi connectivity index (χ3v) is 6.31. The highest BCUT2D eigenvalue weighted by Gasteiger charge is 2.39. The molecule has 1 saturated heterocycles. The van der Waals surface area contributed by atoms with Crippen LogP contribution in [0.4, 0.5) is 5.69 Å². The fraction of sp³-hybridized carbons (Fsp3) is 0.316. The number of amides is 1. The van der Waals surface area contributed by atoms with E-state index in [4.69, 9.17) is 4.74 Å². The number of hydrogen-bond donors (Lipinski definition) is 1. The number of carbonyl (C=O) groups is 1. The van der Waals surface area contributed by atoms with Crippen molar-refractivity contribution in [2.24, 2.45) is 0 Å². The van der Waals surface area contributed by atoms with Gasteiger partial charge >= 0.3 is 0 Å². The van der Waals surface area contributed by atoms with Gasteiger partial charge in [-0.3, -0.25) is 4.79 Å². The van der Waals surface area contributed by atoms with Crippen LogP contribution in [0.15, 0.2) is 59.5 Å². The number of hydrogen-bond acceptors (Lipinski definition) is 4. The SMILES string of the molecule is COCc1ccc(NC(=O)[C@@H]2CCCN2S(=O)(=O)c2ccccc2)cc1. The number of nitrogens with one attached hydrogen (secondary N) is 1. The van der Waals surface area contributed by atoms with Crippen molar-refractivity contribution in [3.05, 3.63) is 60.2 Å². The Kier molecular flexibility index (Phi) is 5.70. The summed E-state index contributed by atoms with van der Waals surface area (Å²) < 4.78 is 32.1. The Labute approximate surface area is 153 Å². The monoisotopic (exact) mass is 374 g/mol. The minimum atomic E-state index is -3.68. The molecular formula is C19H22N2O4S. The summed E-state index contributed by atoms with van der Waals surface area (Å²) in [5, 5.41) is 2.82. The molecule has 2 aromatic carbocycles. The van der Waals surface area contributed by atoms with Gasteiger partial charge in [-0.2, -0.15) is 4.31 Å². The van der Waals surface area contributed by atoms with Crippen molar-refractivity contribution in [2.45, 2.75) is 30.4 Å². The Morgan fingerprint density at radius 2 is 1.85 bits per heavy atom. The minimum absolute atomic E-state index is 0.212. The largest absolute Gasteiger partial charge is 0.380 e. The molecule has 0 bridgehead atoms. The summed E-state index contributed by atoms with van der Waals surface area (Å²) >= 11 is 0. The van der Waals surface area contributed by atoms with E-state index in [0.717, 1.165) is 5.56 Å². The zero-order valence-electron chi connectivity index (χ0n) is 14.6. The van der Waals surface area contributed by atoms with Gasteiger partial charge in [-0.15, -0.1) is 0 Å². The Morgan fingerprint density at radius 3 is 2.50 bits per heavy atom. The lowest BCUT2D eigenvalue weighted by molar-refractivity contribution is -0.119. The number of anilines is 1. The third-order valence-electron chi connectivity index (χ3n) is 4.39. The van der Waals surface area contributed by atoms with Crippen LogP contribution in [0.1, 0.15) is 18.4 Å². The molecule has 1 atom stereocenters. The van der Waals surface area contributed by atoms with Gasteiger partial charge in [-0.05, 0) is 42.7 Å². The molecule has 26 heavy (non-hydrogen) atoms. The van der Waals surface area contributed by atoms with E-state index in [1.807, 2.05) is 12.1 Å². The van der Waals surface area contributed by atoms with Gasteiger partial charge in [0.15, 0.2) is 0 Å². The van der Waals surface area contributed by atoms with E-state index < -0.39 is 16.1 Å². The molecule has 1 heterocycles. The molecule has 1 fully saturated rings. The highest BCUT2D eigenvalue weighted by molar-refractivity contribution is 7.89. The van der Waals surface area contributed by atoms with E-state index >= 15 is 0 Å². The minimum Gasteiger partial charge on any atom is -0.380 e. The average molecular weight is 374 g/mol. The van der Waals surface area contributed by atoms with Crippen LogP contribution < -0.4 is 5.32 Å². The Bertz CT molecular complexity index is 851. The first-order valence-electron chi connectivity index (χ1n) is 8.48. The molecule has 0 saturated carbocycles. The first-order valence-corrected chi connectivity index (χ1v) is 9.92. The number of ether oxygens (including phenoxy) is 1. The summed E-state index contributed by atoms with van der Waals surface area (Å²) in [6.07, 6.45) is 1.18. The van der Waals surface area contributed by atoms with Crippen LogP contribution in [0.5, 0.6) is 0 Å². The smallest absolute Gasteiger partial charge is 0.243 e. The molecule has 138 valence electrons. The second kappa shape index (κ2) is 7.99. The van der Waals surface area contributed by atoms with Gasteiger partial charge in [0.2, 0.25) is 15.9 Å². The topological polar surface area (TPSA) is 75.7 Å². The van der Waals surface area contributed by atoms with Crippen molar-refractivity contribution < 1.29 is 17.9 Å². The number of rotatable bonds is 6. The number of benzene rings is 2. The second-order valence-electron chi connectivity index (χ2n) is 6.21. The molecule has 1 amide bonds. The standard InChI is InChI=1S/C19H22N2O4S/c1-25-14-15-9-11-16(12-10-15)20-19(22)18-8-5-13-21(18)26(23,24)17-6-3-2-4-7-17/h2-4,6-7,9-12,18H,5,8,13-14H2,1H3,(H,20,22)/t18-/m0/s1. The fourth-order valence-electron chi connectivity index (χ4n) is 3.09. The van der Waals surface area contributed by atoms with Crippen LogP contribution in [0.25, 0.3) is 0 Å². The summed E-state index contributed by atoms with van der Waals surface area (Å²) in [4.78, 5) is 12.9. The maximum absolute atomic E-state index is 12.9. The van der Waals surface area contributed by atoms with E-state index in [1.54, 1.807) is 49.6 Å². The first-order chi connectivity index (χ1) is 12.5. The van der Waals surface area contributed by atoms with E-state index in [-0.39, 0.29) is 10.8 Å². The Hall–Kier alpha value is -2.22. The highest BCUT2D eigenvalue weighted by atomic mass is 32.2. The summed E-state index contributed by atoms with van der Waals surface area (Å²) in [6, 6.07) is 14.8. The van der Waals surface area contributed by atoms with Gasteiger partial charge in [0.1, 0.15) is 6.04 Å². The fourth-order valence-corrected chi connectivity index (χ4v) is 4.77. The van der Waals surface area contributed by atoms with Gasteiger partial charge in [0.05, 0.1) is 11.5 Å². The lowest BCUT2D eigenvalue weighted by atomic mass is 10.2. The van der Waals surface area contributed by atoms with E-state index in [1.165, 1.54) is 4.31 Å². The second-order valence-corrected chi connectivity index (χ2v) is 8.10. The number of carbonyl (C=O) groups excluding carboxylic acids is 1. The summed E-state index contributed by atoms with van der Waals surface area (Å²) in [6.45, 7) is 0.849. The molecule has 7 heteroatoms. The zero-order chi connectivity index (χ0) is 18.6. The lowest BCUT2D eigenvalue weighted by Crippen LogP contribution is -2.43. The Balaban J connectivity index is 1.74. The molecule has 6 nitrogen and oxygen atoms in total. The van der Waals surface area contributed by atoms with E-state index in [9.17, 15) is 13.2 Å². The molecule has 1 aliphatic heterocycles. The maximum atomic E-state index is 12.9.